The first-order chi connectivity index (χ1) is 10.0. The van der Waals surface area contributed by atoms with Gasteiger partial charge in [0.25, 0.3) is 0 Å². The van der Waals surface area contributed by atoms with Crippen LogP contribution < -0.4 is 5.73 Å². The van der Waals surface area contributed by atoms with Crippen molar-refractivity contribution in [3.05, 3.63) is 69.3 Å². The lowest BCUT2D eigenvalue weighted by molar-refractivity contribution is -0.147. The summed E-state index contributed by atoms with van der Waals surface area (Å²) in [5.74, 6) is -0.383. The number of ether oxygens (including phenoxy) is 1. The molecule has 1 atom stereocenters. The molecule has 0 aliphatic carbocycles. The van der Waals surface area contributed by atoms with Gasteiger partial charge in [0.05, 0.1) is 7.11 Å². The molecule has 3 nitrogen and oxygen atoms in total. The van der Waals surface area contributed by atoms with Gasteiger partial charge in [-0.2, -0.15) is 0 Å². The van der Waals surface area contributed by atoms with Crippen molar-refractivity contribution in [2.75, 3.05) is 7.11 Å². The number of rotatable bonds is 5. The van der Waals surface area contributed by atoms with Crippen molar-refractivity contribution in [1.82, 2.24) is 0 Å². The van der Waals surface area contributed by atoms with Crippen LogP contribution in [0.5, 0.6) is 0 Å². The fourth-order valence-electron chi connectivity index (χ4n) is 2.35. The number of halogens is 1. The molecule has 0 aliphatic rings. The number of hydrogen-bond donors (Lipinski definition) is 1. The van der Waals surface area contributed by atoms with Crippen LogP contribution in [-0.2, 0) is 22.4 Å². The lowest BCUT2D eigenvalue weighted by Gasteiger charge is -2.27. The van der Waals surface area contributed by atoms with Crippen molar-refractivity contribution in [1.29, 1.82) is 0 Å². The van der Waals surface area contributed by atoms with E-state index in [1.807, 2.05) is 54.6 Å². The first-order valence-corrected chi connectivity index (χ1v) is 7.78. The number of hydrogen-bond acceptors (Lipinski definition) is 3. The van der Waals surface area contributed by atoms with E-state index in [0.717, 1.165) is 14.7 Å². The van der Waals surface area contributed by atoms with Crippen LogP contribution in [0.1, 0.15) is 11.1 Å². The Kier molecular flexibility index (Phi) is 5.36. The van der Waals surface area contributed by atoms with E-state index in [4.69, 9.17) is 10.5 Å². The maximum atomic E-state index is 12.2. The van der Waals surface area contributed by atoms with Gasteiger partial charge in [0, 0.05) is 16.4 Å². The van der Waals surface area contributed by atoms with Gasteiger partial charge in [0.15, 0.2) is 0 Å². The van der Waals surface area contributed by atoms with Crippen LogP contribution in [0, 0.1) is 3.57 Å². The van der Waals surface area contributed by atoms with Crippen LogP contribution in [0.3, 0.4) is 0 Å². The highest BCUT2D eigenvalue weighted by Gasteiger charge is 2.36. The second-order valence-corrected chi connectivity index (χ2v) is 6.24. The molecule has 2 N–H and O–H groups in total. The molecule has 4 heteroatoms. The second-order valence-electron chi connectivity index (χ2n) is 5.08. The smallest absolute Gasteiger partial charge is 0.326 e. The maximum absolute atomic E-state index is 12.2. The molecule has 0 unspecified atom stereocenters. The van der Waals surface area contributed by atoms with Gasteiger partial charge in [-0.25, -0.2) is 0 Å². The van der Waals surface area contributed by atoms with Crippen LogP contribution in [0.2, 0.25) is 0 Å². The maximum Gasteiger partial charge on any atom is 0.326 e. The zero-order chi connectivity index (χ0) is 15.3. The van der Waals surface area contributed by atoms with Gasteiger partial charge in [0.1, 0.15) is 5.54 Å². The van der Waals surface area contributed by atoms with Gasteiger partial charge < -0.3 is 10.5 Å². The fourth-order valence-corrected chi connectivity index (χ4v) is 2.93. The molecular weight excluding hydrogens is 377 g/mol. The van der Waals surface area contributed by atoms with Crippen LogP contribution in [0.25, 0.3) is 0 Å². The van der Waals surface area contributed by atoms with Crippen molar-refractivity contribution >= 4 is 28.6 Å². The Balaban J connectivity index is 2.29. The molecule has 0 fully saturated rings. The summed E-state index contributed by atoms with van der Waals surface area (Å²) in [6, 6.07) is 17.7. The molecule has 0 saturated carbocycles. The highest BCUT2D eigenvalue weighted by atomic mass is 127. The Bertz CT molecular complexity index is 615. The topological polar surface area (TPSA) is 52.3 Å². The highest BCUT2D eigenvalue weighted by Crippen LogP contribution is 2.22. The van der Waals surface area contributed by atoms with Crippen LogP contribution in [0.15, 0.2) is 54.6 Å². The standard InChI is InChI=1S/C17H18INO2/c1-21-16(20)17(19,11-13-7-3-2-4-8-13)12-14-9-5-6-10-15(14)18/h2-10H,11-12,19H2,1H3/t17-/m0/s1. The van der Waals surface area contributed by atoms with Gasteiger partial charge in [-0.1, -0.05) is 48.5 Å². The van der Waals surface area contributed by atoms with E-state index in [2.05, 4.69) is 22.6 Å². The van der Waals surface area contributed by atoms with Crippen molar-refractivity contribution in [2.24, 2.45) is 5.73 Å². The van der Waals surface area contributed by atoms with Gasteiger partial charge in [-0.05, 0) is 39.8 Å². The lowest BCUT2D eigenvalue weighted by atomic mass is 9.85. The Hall–Kier alpha value is -1.40. The Labute approximate surface area is 138 Å². The number of carbonyl (C=O) groups is 1. The number of carbonyl (C=O) groups excluding carboxylic acids is 1. The molecular formula is C17H18INO2. The van der Waals surface area contributed by atoms with Crippen molar-refractivity contribution in [3.8, 4) is 0 Å². The number of esters is 1. The molecule has 0 spiro atoms. The normalized spacial score (nSPS) is 13.5. The number of benzene rings is 2. The highest BCUT2D eigenvalue weighted by molar-refractivity contribution is 14.1. The largest absolute Gasteiger partial charge is 0.468 e. The second kappa shape index (κ2) is 7.04. The van der Waals surface area contributed by atoms with Crippen LogP contribution >= 0.6 is 22.6 Å². The number of nitrogens with two attached hydrogens (primary N) is 1. The molecule has 2 rings (SSSR count). The zero-order valence-electron chi connectivity index (χ0n) is 11.9. The van der Waals surface area contributed by atoms with E-state index in [9.17, 15) is 4.79 Å². The summed E-state index contributed by atoms with van der Waals surface area (Å²) in [5, 5.41) is 0. The Morgan fingerprint density at radius 1 is 1.10 bits per heavy atom. The minimum Gasteiger partial charge on any atom is -0.468 e. The zero-order valence-corrected chi connectivity index (χ0v) is 14.0. The minimum absolute atomic E-state index is 0.383. The SMILES string of the molecule is COC(=O)[C@](N)(Cc1ccccc1)Cc1ccccc1I. The van der Waals surface area contributed by atoms with Gasteiger partial charge in [-0.15, -0.1) is 0 Å². The molecule has 0 radical (unpaired) electrons. The number of methoxy groups -OCH3 is 1. The predicted molar refractivity (Wildman–Crippen MR) is 91.9 cm³/mol. The van der Waals surface area contributed by atoms with E-state index in [-0.39, 0.29) is 5.97 Å². The predicted octanol–water partition coefficient (Wildman–Crippen LogP) is 2.95. The first-order valence-electron chi connectivity index (χ1n) is 6.70. The molecule has 0 bridgehead atoms. The molecule has 0 amide bonds. The summed E-state index contributed by atoms with van der Waals surface area (Å²) in [7, 11) is 1.38. The molecule has 110 valence electrons. The quantitative estimate of drug-likeness (QED) is 0.626. The van der Waals surface area contributed by atoms with Crippen molar-refractivity contribution in [3.63, 3.8) is 0 Å². The third kappa shape index (κ3) is 4.04. The van der Waals surface area contributed by atoms with Crippen LogP contribution in [-0.4, -0.2) is 18.6 Å². The van der Waals surface area contributed by atoms with E-state index < -0.39 is 5.54 Å². The van der Waals surface area contributed by atoms with Gasteiger partial charge in [-0.3, -0.25) is 4.79 Å². The fraction of sp³-hybridized carbons (Fsp3) is 0.235. The van der Waals surface area contributed by atoms with E-state index in [1.54, 1.807) is 0 Å². The monoisotopic (exact) mass is 395 g/mol. The molecule has 2 aromatic rings. The molecule has 0 heterocycles. The van der Waals surface area contributed by atoms with Gasteiger partial charge in [0.2, 0.25) is 0 Å². The summed E-state index contributed by atoms with van der Waals surface area (Å²) in [6.45, 7) is 0. The van der Waals surface area contributed by atoms with Gasteiger partial charge >= 0.3 is 5.97 Å². The van der Waals surface area contributed by atoms with Crippen molar-refractivity contribution < 1.29 is 9.53 Å². The first kappa shape index (κ1) is 16.0. The summed E-state index contributed by atoms with van der Waals surface area (Å²) in [5.41, 5.74) is 7.43. The minimum atomic E-state index is -1.06. The molecule has 0 saturated heterocycles. The van der Waals surface area contributed by atoms with E-state index in [1.165, 1.54) is 7.11 Å². The molecule has 21 heavy (non-hydrogen) atoms. The Morgan fingerprint density at radius 3 is 2.33 bits per heavy atom. The lowest BCUT2D eigenvalue weighted by Crippen LogP contribution is -2.52. The van der Waals surface area contributed by atoms with Crippen molar-refractivity contribution in [2.45, 2.75) is 18.4 Å². The van der Waals surface area contributed by atoms with E-state index in [0.29, 0.717) is 12.8 Å². The molecule has 2 aromatic carbocycles. The summed E-state index contributed by atoms with van der Waals surface area (Å²) in [4.78, 5) is 12.2. The third-order valence-corrected chi connectivity index (χ3v) is 4.47. The van der Waals surface area contributed by atoms with Crippen LogP contribution in [0.4, 0.5) is 0 Å². The molecule has 0 aliphatic heterocycles. The Morgan fingerprint density at radius 2 is 1.71 bits per heavy atom. The average molecular weight is 395 g/mol. The summed E-state index contributed by atoms with van der Waals surface area (Å²) < 4.78 is 6.03. The third-order valence-electron chi connectivity index (χ3n) is 3.42. The summed E-state index contributed by atoms with van der Waals surface area (Å²) >= 11 is 2.26. The average Bonchev–Trinajstić information content (AvgIpc) is 2.49. The van der Waals surface area contributed by atoms with E-state index >= 15 is 0 Å². The molecule has 0 aromatic heterocycles. The summed E-state index contributed by atoms with van der Waals surface area (Å²) in [6.07, 6.45) is 0.902.